The number of alkyl halides is 1. The minimum atomic E-state index is 0.00831. The van der Waals surface area contributed by atoms with Crippen molar-refractivity contribution in [3.05, 3.63) is 22.7 Å². The zero-order valence-corrected chi connectivity index (χ0v) is 11.7. The molecule has 1 aliphatic heterocycles. The number of rotatable bonds is 3. The fraction of sp³-hybridized carbons (Fsp3) is 0.667. The van der Waals surface area contributed by atoms with Crippen LogP contribution in [-0.2, 0) is 7.05 Å². The smallest absolute Gasteiger partial charge is 0.293 e. The van der Waals surface area contributed by atoms with E-state index in [0.717, 1.165) is 31.1 Å². The summed E-state index contributed by atoms with van der Waals surface area (Å²) in [6.07, 6.45) is 8.04. The van der Waals surface area contributed by atoms with Gasteiger partial charge in [0.15, 0.2) is 5.82 Å². The van der Waals surface area contributed by atoms with Crippen molar-refractivity contribution in [3.63, 3.8) is 0 Å². The van der Waals surface area contributed by atoms with E-state index < -0.39 is 0 Å². The molecule has 2 rings (SSSR count). The minimum Gasteiger partial charge on any atom is -0.349 e. The maximum atomic E-state index is 12.1. The fourth-order valence-electron chi connectivity index (χ4n) is 2.39. The van der Waals surface area contributed by atoms with E-state index in [-0.39, 0.29) is 5.56 Å². The first-order chi connectivity index (χ1) is 8.24. The van der Waals surface area contributed by atoms with Gasteiger partial charge in [-0.05, 0) is 25.7 Å². The molecule has 0 bridgehead atoms. The van der Waals surface area contributed by atoms with E-state index in [1.165, 1.54) is 6.42 Å². The summed E-state index contributed by atoms with van der Waals surface area (Å²) in [6, 6.07) is 0.450. The Labute approximate surface area is 110 Å². The molecule has 0 N–H and O–H groups in total. The number of halogens is 1. The van der Waals surface area contributed by atoms with Gasteiger partial charge in [0.05, 0.1) is 0 Å². The Morgan fingerprint density at radius 2 is 2.35 bits per heavy atom. The largest absolute Gasteiger partial charge is 0.349 e. The van der Waals surface area contributed by atoms with Crippen LogP contribution in [0, 0.1) is 0 Å². The first-order valence-corrected chi connectivity index (χ1v) is 7.20. The fourth-order valence-corrected chi connectivity index (χ4v) is 2.92. The summed E-state index contributed by atoms with van der Waals surface area (Å²) < 4.78 is 1.60. The number of hydrogen-bond donors (Lipinski definition) is 0. The summed E-state index contributed by atoms with van der Waals surface area (Å²) in [5.41, 5.74) is 0.00831. The Morgan fingerprint density at radius 1 is 1.53 bits per heavy atom. The highest BCUT2D eigenvalue weighted by atomic mass is 79.9. The van der Waals surface area contributed by atoms with Gasteiger partial charge in [0.1, 0.15) is 0 Å². The van der Waals surface area contributed by atoms with E-state index in [4.69, 9.17) is 0 Å². The van der Waals surface area contributed by atoms with Crippen LogP contribution in [-0.4, -0.2) is 27.5 Å². The number of hydrogen-bond acceptors (Lipinski definition) is 3. The van der Waals surface area contributed by atoms with Crippen molar-refractivity contribution in [2.24, 2.45) is 7.05 Å². The highest BCUT2D eigenvalue weighted by Crippen LogP contribution is 2.23. The van der Waals surface area contributed by atoms with Crippen molar-refractivity contribution in [1.29, 1.82) is 0 Å². The van der Waals surface area contributed by atoms with Crippen molar-refractivity contribution in [2.75, 3.05) is 16.8 Å². The lowest BCUT2D eigenvalue weighted by atomic mass is 10.0. The van der Waals surface area contributed by atoms with Crippen LogP contribution in [0.1, 0.15) is 25.7 Å². The zero-order valence-electron chi connectivity index (χ0n) is 10.1. The lowest BCUT2D eigenvalue weighted by Crippen LogP contribution is -2.43. The monoisotopic (exact) mass is 299 g/mol. The van der Waals surface area contributed by atoms with Crippen LogP contribution in [0.25, 0.3) is 0 Å². The number of nitrogens with zero attached hydrogens (tertiary/aromatic N) is 3. The molecule has 4 nitrogen and oxygen atoms in total. The molecule has 17 heavy (non-hydrogen) atoms. The average Bonchev–Trinajstić information content (AvgIpc) is 2.34. The highest BCUT2D eigenvalue weighted by Gasteiger charge is 2.25. The molecule has 1 unspecified atom stereocenters. The van der Waals surface area contributed by atoms with E-state index in [0.29, 0.717) is 11.9 Å². The van der Waals surface area contributed by atoms with Gasteiger partial charge >= 0.3 is 0 Å². The summed E-state index contributed by atoms with van der Waals surface area (Å²) >= 11 is 3.49. The number of piperidine rings is 1. The Hall–Kier alpha value is -0.840. The molecular weight excluding hydrogens is 282 g/mol. The van der Waals surface area contributed by atoms with Crippen molar-refractivity contribution < 1.29 is 0 Å². The van der Waals surface area contributed by atoms with E-state index in [1.807, 2.05) is 0 Å². The van der Waals surface area contributed by atoms with Gasteiger partial charge in [-0.3, -0.25) is 4.79 Å². The molecule has 0 spiro atoms. The van der Waals surface area contributed by atoms with E-state index >= 15 is 0 Å². The molecule has 1 aliphatic rings. The van der Waals surface area contributed by atoms with Crippen molar-refractivity contribution >= 4 is 21.7 Å². The van der Waals surface area contributed by atoms with Crippen LogP contribution < -0.4 is 10.5 Å². The number of anilines is 1. The average molecular weight is 300 g/mol. The van der Waals surface area contributed by atoms with Gasteiger partial charge in [-0.15, -0.1) is 0 Å². The lowest BCUT2D eigenvalue weighted by Gasteiger charge is -2.36. The van der Waals surface area contributed by atoms with Crippen molar-refractivity contribution in [1.82, 2.24) is 9.55 Å². The standard InChI is InChI=1S/C12H18BrN3O/c1-15-9-7-14-11(12(15)17)16-8-3-2-4-10(16)5-6-13/h7,9-10H,2-6,8H2,1H3. The topological polar surface area (TPSA) is 38.1 Å². The number of aromatic nitrogens is 2. The normalized spacial score (nSPS) is 20.6. The molecule has 0 saturated carbocycles. The third-order valence-corrected chi connectivity index (χ3v) is 3.80. The first kappa shape index (κ1) is 12.6. The van der Waals surface area contributed by atoms with Gasteiger partial charge in [-0.2, -0.15) is 0 Å². The second-order valence-electron chi connectivity index (χ2n) is 4.49. The van der Waals surface area contributed by atoms with E-state index in [9.17, 15) is 4.79 Å². The molecule has 5 heteroatoms. The van der Waals surface area contributed by atoms with Crippen LogP contribution in [0.4, 0.5) is 5.82 Å². The molecule has 0 amide bonds. The molecule has 1 aromatic rings. The van der Waals surface area contributed by atoms with Gasteiger partial charge < -0.3 is 9.47 Å². The van der Waals surface area contributed by atoms with Gasteiger partial charge in [-0.1, -0.05) is 15.9 Å². The first-order valence-electron chi connectivity index (χ1n) is 6.08. The molecule has 2 heterocycles. The molecule has 1 fully saturated rings. The Morgan fingerprint density at radius 3 is 3.12 bits per heavy atom. The van der Waals surface area contributed by atoms with Crippen LogP contribution in [0.3, 0.4) is 0 Å². The second kappa shape index (κ2) is 5.67. The summed E-state index contributed by atoms with van der Waals surface area (Å²) in [5, 5.41) is 0.974. The lowest BCUT2D eigenvalue weighted by molar-refractivity contribution is 0.447. The summed E-state index contributed by atoms with van der Waals surface area (Å²) in [4.78, 5) is 18.5. The molecule has 1 saturated heterocycles. The van der Waals surface area contributed by atoms with Crippen LogP contribution in [0.5, 0.6) is 0 Å². The summed E-state index contributed by atoms with van der Waals surface area (Å²) in [7, 11) is 1.77. The predicted octanol–water partition coefficient (Wildman–Crippen LogP) is 1.92. The Bertz CT molecular complexity index is 430. The Kier molecular flexibility index (Phi) is 4.20. The highest BCUT2D eigenvalue weighted by molar-refractivity contribution is 9.09. The second-order valence-corrected chi connectivity index (χ2v) is 5.28. The van der Waals surface area contributed by atoms with Gasteiger partial charge in [0.25, 0.3) is 5.56 Å². The summed E-state index contributed by atoms with van der Waals surface area (Å²) in [5.74, 6) is 0.612. The maximum Gasteiger partial charge on any atom is 0.293 e. The van der Waals surface area contributed by atoms with Crippen molar-refractivity contribution in [3.8, 4) is 0 Å². The van der Waals surface area contributed by atoms with E-state index in [1.54, 1.807) is 24.0 Å². The SMILES string of the molecule is Cn1ccnc(N2CCCCC2CCBr)c1=O. The molecule has 0 radical (unpaired) electrons. The Balaban J connectivity index is 2.29. The molecular formula is C12H18BrN3O. The van der Waals surface area contributed by atoms with E-state index in [2.05, 4.69) is 25.8 Å². The molecule has 94 valence electrons. The third kappa shape index (κ3) is 2.70. The molecule has 1 atom stereocenters. The van der Waals surface area contributed by atoms with Gasteiger partial charge in [0.2, 0.25) is 0 Å². The maximum absolute atomic E-state index is 12.1. The van der Waals surface area contributed by atoms with Crippen LogP contribution in [0.2, 0.25) is 0 Å². The van der Waals surface area contributed by atoms with Crippen LogP contribution >= 0.6 is 15.9 Å². The zero-order chi connectivity index (χ0) is 12.3. The quantitative estimate of drug-likeness (QED) is 0.801. The summed E-state index contributed by atoms with van der Waals surface area (Å²) in [6.45, 7) is 0.948. The molecule has 0 aliphatic carbocycles. The third-order valence-electron chi connectivity index (χ3n) is 3.34. The predicted molar refractivity (Wildman–Crippen MR) is 72.9 cm³/mol. The van der Waals surface area contributed by atoms with Gasteiger partial charge in [-0.25, -0.2) is 4.98 Å². The minimum absolute atomic E-state index is 0.00831. The van der Waals surface area contributed by atoms with Crippen LogP contribution in [0.15, 0.2) is 17.2 Å². The number of aryl methyl sites for hydroxylation is 1. The molecule has 0 aromatic carbocycles. The van der Waals surface area contributed by atoms with Gasteiger partial charge in [0, 0.05) is 37.4 Å². The van der Waals surface area contributed by atoms with Crippen molar-refractivity contribution in [2.45, 2.75) is 31.7 Å². The molecule has 1 aromatic heterocycles.